The third-order valence-corrected chi connectivity index (χ3v) is 4.26. The van der Waals surface area contributed by atoms with Crippen molar-refractivity contribution in [3.8, 4) is 0 Å². The van der Waals surface area contributed by atoms with Gasteiger partial charge in [0.2, 0.25) is 0 Å². The molecule has 1 aliphatic rings. The summed E-state index contributed by atoms with van der Waals surface area (Å²) in [5, 5.41) is 0. The Bertz CT molecular complexity index is 414. The van der Waals surface area contributed by atoms with Crippen LogP contribution in [0.4, 0.5) is 0 Å². The first-order valence-electron chi connectivity index (χ1n) is 6.57. The zero-order chi connectivity index (χ0) is 12.9. The van der Waals surface area contributed by atoms with E-state index in [1.54, 1.807) is 0 Å². The Morgan fingerprint density at radius 1 is 1.06 bits per heavy atom. The molecule has 0 spiro atoms. The smallest absolute Gasteiger partial charge is 0.0195 e. The van der Waals surface area contributed by atoms with Crippen molar-refractivity contribution in [2.75, 3.05) is 0 Å². The predicted molar refractivity (Wildman–Crippen MR) is 74.3 cm³/mol. The molecular weight excluding hydrogens is 206 g/mol. The fraction of sp³-hybridized carbons (Fsp3) is 0.625. The lowest BCUT2D eigenvalue weighted by molar-refractivity contribution is 0.391. The van der Waals surface area contributed by atoms with Crippen molar-refractivity contribution in [2.45, 2.75) is 63.8 Å². The summed E-state index contributed by atoms with van der Waals surface area (Å²) in [6.07, 6.45) is 2.45. The average molecular weight is 231 g/mol. The van der Waals surface area contributed by atoms with Crippen LogP contribution < -0.4 is 5.73 Å². The van der Waals surface area contributed by atoms with Crippen LogP contribution in [0.2, 0.25) is 0 Å². The summed E-state index contributed by atoms with van der Waals surface area (Å²) >= 11 is 0. The Morgan fingerprint density at radius 2 is 1.65 bits per heavy atom. The van der Waals surface area contributed by atoms with Gasteiger partial charge in [-0.3, -0.25) is 0 Å². The second-order valence-electron chi connectivity index (χ2n) is 7.13. The van der Waals surface area contributed by atoms with E-state index >= 15 is 0 Å². The number of hydrogen-bond donors (Lipinski definition) is 1. The maximum atomic E-state index is 6.37. The van der Waals surface area contributed by atoms with Gasteiger partial charge in [-0.15, -0.1) is 0 Å². The summed E-state index contributed by atoms with van der Waals surface area (Å²) in [6, 6.07) is 9.02. The fourth-order valence-corrected chi connectivity index (χ4v) is 2.71. The van der Waals surface area contributed by atoms with Gasteiger partial charge in [0.1, 0.15) is 0 Å². The van der Waals surface area contributed by atoms with Crippen LogP contribution >= 0.6 is 0 Å². The molecule has 1 aliphatic carbocycles. The van der Waals surface area contributed by atoms with Crippen LogP contribution in [0.1, 0.15) is 58.6 Å². The van der Waals surface area contributed by atoms with Gasteiger partial charge in [0, 0.05) is 11.0 Å². The molecular formula is C16H25N. The minimum atomic E-state index is -0.122. The Kier molecular flexibility index (Phi) is 2.66. The maximum Gasteiger partial charge on any atom is 0.0195 e. The predicted octanol–water partition coefficient (Wildman–Crippen LogP) is 3.75. The van der Waals surface area contributed by atoms with Gasteiger partial charge in [0.25, 0.3) is 0 Å². The molecule has 0 atom stereocenters. The van der Waals surface area contributed by atoms with E-state index in [1.165, 1.54) is 24.0 Å². The van der Waals surface area contributed by atoms with E-state index < -0.39 is 0 Å². The van der Waals surface area contributed by atoms with Crippen LogP contribution in [0, 0.1) is 0 Å². The zero-order valence-electron chi connectivity index (χ0n) is 11.8. The quantitative estimate of drug-likeness (QED) is 0.824. The monoisotopic (exact) mass is 231 g/mol. The Hall–Kier alpha value is -0.820. The lowest BCUT2D eigenvalue weighted by Crippen LogP contribution is -2.45. The SMILES string of the molecule is CC(C)(C)c1cccc(C2(C(C)(C)N)CC2)c1. The van der Waals surface area contributed by atoms with Gasteiger partial charge < -0.3 is 5.73 Å². The molecule has 1 saturated carbocycles. The molecule has 1 aromatic rings. The standard InChI is InChI=1S/C16H25N/c1-14(2,3)12-7-6-8-13(11-12)16(9-10-16)15(4,5)17/h6-8,11H,9-10,17H2,1-5H3. The molecule has 1 aromatic carbocycles. The highest BCUT2D eigenvalue weighted by Crippen LogP contribution is 2.55. The summed E-state index contributed by atoms with van der Waals surface area (Å²) < 4.78 is 0. The van der Waals surface area contributed by atoms with Crippen LogP contribution in [0.15, 0.2) is 24.3 Å². The van der Waals surface area contributed by atoms with E-state index in [0.717, 1.165) is 0 Å². The van der Waals surface area contributed by atoms with Gasteiger partial charge >= 0.3 is 0 Å². The highest BCUT2D eigenvalue weighted by molar-refractivity contribution is 5.40. The van der Waals surface area contributed by atoms with Gasteiger partial charge in [-0.25, -0.2) is 0 Å². The maximum absolute atomic E-state index is 6.37. The molecule has 0 saturated heterocycles. The van der Waals surface area contributed by atoms with Crippen LogP contribution in [0.5, 0.6) is 0 Å². The van der Waals surface area contributed by atoms with E-state index in [1.807, 2.05) is 0 Å². The summed E-state index contributed by atoms with van der Waals surface area (Å²) in [7, 11) is 0. The van der Waals surface area contributed by atoms with E-state index in [9.17, 15) is 0 Å². The molecule has 0 aromatic heterocycles. The van der Waals surface area contributed by atoms with Crippen molar-refractivity contribution in [3.63, 3.8) is 0 Å². The third kappa shape index (κ3) is 2.13. The Morgan fingerprint density at radius 3 is 2.06 bits per heavy atom. The summed E-state index contributed by atoms with van der Waals surface area (Å²) in [4.78, 5) is 0. The lowest BCUT2D eigenvalue weighted by Gasteiger charge is -2.32. The summed E-state index contributed by atoms with van der Waals surface area (Å²) in [5.41, 5.74) is 9.51. The fourth-order valence-electron chi connectivity index (χ4n) is 2.71. The number of benzene rings is 1. The first-order chi connectivity index (χ1) is 7.67. The van der Waals surface area contributed by atoms with Gasteiger partial charge in [0.05, 0.1) is 0 Å². The Balaban J connectivity index is 2.42. The van der Waals surface area contributed by atoms with E-state index in [-0.39, 0.29) is 16.4 Å². The summed E-state index contributed by atoms with van der Waals surface area (Å²) in [5.74, 6) is 0. The minimum Gasteiger partial charge on any atom is -0.325 e. The molecule has 0 heterocycles. The van der Waals surface area contributed by atoms with Crippen LogP contribution in [-0.2, 0) is 10.8 Å². The Labute approximate surface area is 105 Å². The van der Waals surface area contributed by atoms with Crippen LogP contribution in [0.25, 0.3) is 0 Å². The first-order valence-corrected chi connectivity index (χ1v) is 6.57. The van der Waals surface area contributed by atoms with Gasteiger partial charge in [-0.2, -0.15) is 0 Å². The van der Waals surface area contributed by atoms with Crippen molar-refractivity contribution < 1.29 is 0 Å². The second-order valence-corrected chi connectivity index (χ2v) is 7.13. The first kappa shape index (κ1) is 12.6. The topological polar surface area (TPSA) is 26.0 Å². The van der Waals surface area contributed by atoms with E-state index in [4.69, 9.17) is 5.73 Å². The number of nitrogens with two attached hydrogens (primary N) is 1. The molecule has 1 fully saturated rings. The average Bonchev–Trinajstić information content (AvgIpc) is 2.96. The zero-order valence-corrected chi connectivity index (χ0v) is 11.8. The largest absolute Gasteiger partial charge is 0.325 e. The van der Waals surface area contributed by atoms with Crippen LogP contribution in [-0.4, -0.2) is 5.54 Å². The molecule has 2 N–H and O–H groups in total. The molecule has 1 heteroatoms. The molecule has 0 unspecified atom stereocenters. The van der Waals surface area contributed by atoms with Gasteiger partial charge in [0.15, 0.2) is 0 Å². The molecule has 0 aliphatic heterocycles. The highest BCUT2D eigenvalue weighted by Gasteiger charge is 2.53. The van der Waals surface area contributed by atoms with Crippen molar-refractivity contribution in [1.29, 1.82) is 0 Å². The van der Waals surface area contributed by atoms with Crippen molar-refractivity contribution >= 4 is 0 Å². The normalized spacial score (nSPS) is 19.2. The minimum absolute atomic E-state index is 0.122. The molecule has 0 radical (unpaired) electrons. The highest BCUT2D eigenvalue weighted by atomic mass is 14.8. The molecule has 0 bridgehead atoms. The molecule has 0 amide bonds. The molecule has 2 rings (SSSR count). The molecule has 17 heavy (non-hydrogen) atoms. The summed E-state index contributed by atoms with van der Waals surface area (Å²) in [6.45, 7) is 11.1. The van der Waals surface area contributed by atoms with Crippen molar-refractivity contribution in [3.05, 3.63) is 35.4 Å². The van der Waals surface area contributed by atoms with E-state index in [2.05, 4.69) is 58.9 Å². The van der Waals surface area contributed by atoms with Crippen molar-refractivity contribution in [1.82, 2.24) is 0 Å². The van der Waals surface area contributed by atoms with Crippen LogP contribution in [0.3, 0.4) is 0 Å². The molecule has 94 valence electrons. The number of rotatable bonds is 2. The van der Waals surface area contributed by atoms with Crippen molar-refractivity contribution in [2.24, 2.45) is 5.73 Å². The van der Waals surface area contributed by atoms with E-state index in [0.29, 0.717) is 0 Å². The third-order valence-electron chi connectivity index (χ3n) is 4.26. The molecule has 1 nitrogen and oxygen atoms in total. The van der Waals surface area contributed by atoms with Gasteiger partial charge in [-0.05, 0) is 43.2 Å². The second kappa shape index (κ2) is 3.58. The number of hydrogen-bond acceptors (Lipinski definition) is 1. The van der Waals surface area contributed by atoms with Gasteiger partial charge in [-0.1, -0.05) is 45.0 Å². The lowest BCUT2D eigenvalue weighted by atomic mass is 9.77.